The van der Waals surface area contributed by atoms with Crippen LogP contribution in [0, 0.1) is 6.92 Å². The molecule has 2 amide bonds. The van der Waals surface area contributed by atoms with Gasteiger partial charge in [0.2, 0.25) is 11.8 Å². The number of amides is 2. The summed E-state index contributed by atoms with van der Waals surface area (Å²) in [6.45, 7) is 5.28. The van der Waals surface area contributed by atoms with Gasteiger partial charge in [-0.05, 0) is 74.9 Å². The van der Waals surface area contributed by atoms with Gasteiger partial charge in [0.25, 0.3) is 10.0 Å². The summed E-state index contributed by atoms with van der Waals surface area (Å²) in [6.07, 6.45) is 0. The van der Waals surface area contributed by atoms with Crippen molar-refractivity contribution in [2.24, 2.45) is 0 Å². The molecule has 8 nitrogen and oxygen atoms in total. The maximum Gasteiger partial charge on any atom is 0.264 e. The Balaban J connectivity index is 2.01. The molecule has 0 aliphatic carbocycles. The molecule has 1 atom stereocenters. The average Bonchev–Trinajstić information content (AvgIpc) is 2.91. The highest BCUT2D eigenvalue weighted by Gasteiger charge is 2.32. The molecule has 0 radical (unpaired) electrons. The number of likely N-dealkylation sites (N-methyl/N-ethyl adjacent to an activating group) is 1. The monoisotopic (exact) mass is 557 g/mol. The Bertz CT molecular complexity index is 1340. The smallest absolute Gasteiger partial charge is 0.264 e. The molecule has 38 heavy (non-hydrogen) atoms. The second kappa shape index (κ2) is 12.8. The van der Waals surface area contributed by atoms with Crippen LogP contribution < -0.4 is 14.4 Å². The predicted molar refractivity (Wildman–Crippen MR) is 149 cm³/mol. The second-order valence-electron chi connectivity index (χ2n) is 8.74. The number of nitrogens with one attached hydrogen (secondary N) is 1. The predicted octanol–water partition coefficient (Wildman–Crippen LogP) is 4.41. The summed E-state index contributed by atoms with van der Waals surface area (Å²) >= 11 is 6.01. The lowest BCUT2D eigenvalue weighted by Gasteiger charge is -2.32. The molecular formula is C28H32ClN3O5S. The van der Waals surface area contributed by atoms with Gasteiger partial charge in [-0.1, -0.05) is 41.4 Å². The fraction of sp³-hybridized carbons (Fsp3) is 0.286. The number of hydrogen-bond donors (Lipinski definition) is 1. The Hall–Kier alpha value is -3.56. The molecule has 10 heteroatoms. The number of carbonyl (C=O) groups is 2. The Morgan fingerprint density at radius 1 is 0.974 bits per heavy atom. The van der Waals surface area contributed by atoms with Crippen LogP contribution in [0.5, 0.6) is 5.75 Å². The van der Waals surface area contributed by atoms with Crippen molar-refractivity contribution in [3.05, 3.63) is 88.9 Å². The fourth-order valence-corrected chi connectivity index (χ4v) is 5.35. The van der Waals surface area contributed by atoms with Crippen LogP contribution in [0.25, 0.3) is 0 Å². The molecule has 3 aromatic rings. The van der Waals surface area contributed by atoms with Crippen molar-refractivity contribution < 1.29 is 22.7 Å². The number of nitrogens with zero attached hydrogens (tertiary/aromatic N) is 2. The Morgan fingerprint density at radius 3 is 2.13 bits per heavy atom. The molecule has 0 fully saturated rings. The molecule has 1 N–H and O–H groups in total. The molecule has 0 bridgehead atoms. The summed E-state index contributed by atoms with van der Waals surface area (Å²) in [5, 5.41) is 3.28. The van der Waals surface area contributed by atoms with Gasteiger partial charge in [-0.15, -0.1) is 0 Å². The third kappa shape index (κ3) is 7.05. The van der Waals surface area contributed by atoms with Crippen LogP contribution in [0.2, 0.25) is 5.02 Å². The van der Waals surface area contributed by atoms with Crippen molar-refractivity contribution in [1.29, 1.82) is 0 Å². The SMILES string of the molecule is CCNC(=O)[C@@H](C)N(Cc1ccc(Cl)cc1)C(=O)CN(c1ccc(C)cc1)S(=O)(=O)c1ccc(OC)cc1. The zero-order chi connectivity index (χ0) is 27.9. The number of rotatable bonds is 11. The number of benzene rings is 3. The molecule has 0 saturated carbocycles. The van der Waals surface area contributed by atoms with Crippen molar-refractivity contribution in [3.63, 3.8) is 0 Å². The average molecular weight is 558 g/mol. The molecule has 0 saturated heterocycles. The number of methoxy groups -OCH3 is 1. The minimum absolute atomic E-state index is 0.00713. The molecule has 0 aliphatic heterocycles. The van der Waals surface area contributed by atoms with Crippen molar-refractivity contribution in [3.8, 4) is 5.75 Å². The zero-order valence-corrected chi connectivity index (χ0v) is 23.4. The van der Waals surface area contributed by atoms with Crippen LogP contribution in [0.1, 0.15) is 25.0 Å². The normalized spacial score (nSPS) is 11.9. The van der Waals surface area contributed by atoms with Gasteiger partial charge in [-0.25, -0.2) is 8.42 Å². The first kappa shape index (κ1) is 29.0. The van der Waals surface area contributed by atoms with Gasteiger partial charge < -0.3 is 15.0 Å². The highest BCUT2D eigenvalue weighted by atomic mass is 35.5. The minimum atomic E-state index is -4.14. The summed E-state index contributed by atoms with van der Waals surface area (Å²) < 4.78 is 33.8. The highest BCUT2D eigenvalue weighted by Crippen LogP contribution is 2.26. The maximum absolute atomic E-state index is 13.8. The van der Waals surface area contributed by atoms with Crippen LogP contribution in [0.3, 0.4) is 0 Å². The first-order chi connectivity index (χ1) is 18.1. The molecule has 202 valence electrons. The van der Waals surface area contributed by atoms with Crippen molar-refractivity contribution in [1.82, 2.24) is 10.2 Å². The number of hydrogen-bond acceptors (Lipinski definition) is 5. The van der Waals surface area contributed by atoms with E-state index in [0.717, 1.165) is 15.4 Å². The van der Waals surface area contributed by atoms with E-state index in [9.17, 15) is 18.0 Å². The van der Waals surface area contributed by atoms with Crippen LogP contribution in [0.4, 0.5) is 5.69 Å². The first-order valence-electron chi connectivity index (χ1n) is 12.1. The van der Waals surface area contributed by atoms with E-state index in [0.29, 0.717) is 23.0 Å². The van der Waals surface area contributed by atoms with E-state index < -0.39 is 28.5 Å². The van der Waals surface area contributed by atoms with E-state index >= 15 is 0 Å². The molecule has 3 rings (SSSR count). The van der Waals surface area contributed by atoms with Crippen LogP contribution >= 0.6 is 11.6 Å². The minimum Gasteiger partial charge on any atom is -0.497 e. The van der Waals surface area contributed by atoms with Gasteiger partial charge in [-0.2, -0.15) is 0 Å². The quantitative estimate of drug-likeness (QED) is 0.377. The van der Waals surface area contributed by atoms with Gasteiger partial charge >= 0.3 is 0 Å². The number of halogens is 1. The molecule has 0 heterocycles. The van der Waals surface area contributed by atoms with E-state index in [1.54, 1.807) is 74.5 Å². The third-order valence-electron chi connectivity index (χ3n) is 6.03. The fourth-order valence-electron chi connectivity index (χ4n) is 3.81. The Kier molecular flexibility index (Phi) is 9.77. The van der Waals surface area contributed by atoms with Crippen molar-refractivity contribution in [2.45, 2.75) is 38.3 Å². The third-order valence-corrected chi connectivity index (χ3v) is 8.07. The van der Waals surface area contributed by atoms with Gasteiger partial charge in [0.15, 0.2) is 0 Å². The van der Waals surface area contributed by atoms with E-state index in [1.807, 2.05) is 6.92 Å². The van der Waals surface area contributed by atoms with E-state index in [1.165, 1.54) is 24.1 Å². The first-order valence-corrected chi connectivity index (χ1v) is 13.9. The second-order valence-corrected chi connectivity index (χ2v) is 11.0. The summed E-state index contributed by atoms with van der Waals surface area (Å²) in [7, 11) is -2.65. The summed E-state index contributed by atoms with van der Waals surface area (Å²) in [5.41, 5.74) is 2.02. The summed E-state index contributed by atoms with van der Waals surface area (Å²) in [6, 6.07) is 18.9. The van der Waals surface area contributed by atoms with Gasteiger partial charge in [0.05, 0.1) is 17.7 Å². The molecule has 0 unspecified atom stereocenters. The number of carbonyl (C=O) groups excluding carboxylic acids is 2. The van der Waals surface area contributed by atoms with Crippen LogP contribution in [-0.2, 0) is 26.2 Å². The summed E-state index contributed by atoms with van der Waals surface area (Å²) in [4.78, 5) is 27.9. The Labute approximate surface area is 229 Å². The Morgan fingerprint density at radius 2 is 1.58 bits per heavy atom. The highest BCUT2D eigenvalue weighted by molar-refractivity contribution is 7.92. The topological polar surface area (TPSA) is 96.0 Å². The lowest BCUT2D eigenvalue weighted by Crippen LogP contribution is -2.51. The lowest BCUT2D eigenvalue weighted by molar-refractivity contribution is -0.139. The molecule has 0 spiro atoms. The van der Waals surface area contributed by atoms with Crippen molar-refractivity contribution >= 4 is 39.1 Å². The number of anilines is 1. The molecule has 0 aliphatic rings. The number of sulfonamides is 1. The van der Waals surface area contributed by atoms with E-state index in [4.69, 9.17) is 16.3 Å². The van der Waals surface area contributed by atoms with E-state index in [2.05, 4.69) is 5.32 Å². The summed E-state index contributed by atoms with van der Waals surface area (Å²) in [5.74, 6) is -0.363. The molecule has 3 aromatic carbocycles. The zero-order valence-electron chi connectivity index (χ0n) is 21.8. The number of ether oxygens (including phenoxy) is 1. The van der Waals surface area contributed by atoms with Gasteiger partial charge in [-0.3, -0.25) is 13.9 Å². The standard InChI is InChI=1S/C28H32ClN3O5S/c1-5-30-28(34)21(3)31(18-22-8-10-23(29)11-9-22)27(33)19-32(24-12-6-20(2)7-13-24)38(35,36)26-16-14-25(37-4)15-17-26/h6-17,21H,5,18-19H2,1-4H3,(H,30,34)/t21-/m1/s1. The molecular weight excluding hydrogens is 526 g/mol. The maximum atomic E-state index is 13.8. The van der Waals surface area contributed by atoms with E-state index in [-0.39, 0.29) is 17.3 Å². The van der Waals surface area contributed by atoms with Crippen molar-refractivity contribution in [2.75, 3.05) is 24.5 Å². The molecule has 0 aromatic heterocycles. The van der Waals surface area contributed by atoms with Gasteiger partial charge in [0.1, 0.15) is 18.3 Å². The van der Waals surface area contributed by atoms with Gasteiger partial charge in [0, 0.05) is 18.1 Å². The van der Waals surface area contributed by atoms with Crippen LogP contribution in [0.15, 0.2) is 77.7 Å². The lowest BCUT2D eigenvalue weighted by atomic mass is 10.1. The number of aryl methyl sites for hydroxylation is 1. The largest absolute Gasteiger partial charge is 0.497 e. The van der Waals surface area contributed by atoms with Crippen LogP contribution in [-0.4, -0.2) is 51.4 Å².